The maximum absolute atomic E-state index is 5.83. The van der Waals surface area contributed by atoms with Gasteiger partial charge in [0.15, 0.2) is 0 Å². The summed E-state index contributed by atoms with van der Waals surface area (Å²) in [5.74, 6) is 0. The Balaban J connectivity index is 2.89. The molecule has 0 spiro atoms. The fraction of sp³-hybridized carbons (Fsp3) is 0.222. The van der Waals surface area contributed by atoms with Crippen molar-refractivity contribution in [2.45, 2.75) is 0 Å². The number of benzene rings is 1. The lowest BCUT2D eigenvalue weighted by molar-refractivity contribution is 1.55. The molecule has 1 aromatic carbocycles. The highest BCUT2D eigenvalue weighted by atomic mass is 35.5. The third-order valence-corrected chi connectivity index (χ3v) is 3.49. The molecular weight excluding hydrogens is 222 g/mol. The van der Waals surface area contributed by atoms with E-state index in [0.717, 1.165) is 15.1 Å². The number of thioether (sulfide) groups is 2. The Morgan fingerprint density at radius 3 is 2.54 bits per heavy atom. The fourth-order valence-electron chi connectivity index (χ4n) is 0.826. The number of nitrogens with zero attached hydrogens (tertiary/aromatic N) is 1. The van der Waals surface area contributed by atoms with E-state index >= 15 is 0 Å². The van der Waals surface area contributed by atoms with Gasteiger partial charge in [0, 0.05) is 5.02 Å². The molecule has 0 radical (unpaired) electrons. The smallest absolute Gasteiger partial charge is 0.130 e. The quantitative estimate of drug-likeness (QED) is 0.534. The van der Waals surface area contributed by atoms with Gasteiger partial charge >= 0.3 is 0 Å². The van der Waals surface area contributed by atoms with Crippen LogP contribution in [0.4, 0.5) is 5.69 Å². The molecule has 0 fully saturated rings. The van der Waals surface area contributed by atoms with Gasteiger partial charge in [-0.3, -0.25) is 0 Å². The molecule has 0 aliphatic carbocycles. The van der Waals surface area contributed by atoms with E-state index in [2.05, 4.69) is 4.99 Å². The van der Waals surface area contributed by atoms with Gasteiger partial charge in [0.25, 0.3) is 0 Å². The molecule has 0 aromatic heterocycles. The van der Waals surface area contributed by atoms with Crippen LogP contribution in [-0.2, 0) is 0 Å². The Hall–Kier alpha value is -0.120. The van der Waals surface area contributed by atoms with Gasteiger partial charge < -0.3 is 0 Å². The maximum Gasteiger partial charge on any atom is 0.130 e. The first-order chi connectivity index (χ1) is 6.26. The summed E-state index contributed by atoms with van der Waals surface area (Å²) in [5.41, 5.74) is 0.909. The first-order valence-corrected chi connectivity index (χ1v) is 6.51. The highest BCUT2D eigenvalue weighted by Crippen LogP contribution is 2.22. The lowest BCUT2D eigenvalue weighted by Crippen LogP contribution is -1.80. The first kappa shape index (κ1) is 11.0. The van der Waals surface area contributed by atoms with E-state index in [-0.39, 0.29) is 0 Å². The monoisotopic (exact) mass is 231 g/mol. The second-order valence-electron chi connectivity index (χ2n) is 2.27. The van der Waals surface area contributed by atoms with Gasteiger partial charge in [0.05, 0.1) is 5.69 Å². The Kier molecular flexibility index (Phi) is 4.70. The minimum Gasteiger partial charge on any atom is -0.235 e. The molecule has 0 amide bonds. The predicted octanol–water partition coefficient (Wildman–Crippen LogP) is 4.05. The molecule has 0 N–H and O–H groups in total. The molecule has 0 saturated carbocycles. The highest BCUT2D eigenvalue weighted by molar-refractivity contribution is 8.38. The summed E-state index contributed by atoms with van der Waals surface area (Å²) in [5, 5.41) is 0.725. The molecule has 4 heteroatoms. The Labute approximate surface area is 92.0 Å². The van der Waals surface area contributed by atoms with Crippen LogP contribution in [0.5, 0.6) is 0 Å². The zero-order chi connectivity index (χ0) is 9.68. The van der Waals surface area contributed by atoms with Crippen molar-refractivity contribution in [3.63, 3.8) is 0 Å². The molecule has 0 heterocycles. The summed E-state index contributed by atoms with van der Waals surface area (Å²) in [4.78, 5) is 4.41. The van der Waals surface area contributed by atoms with E-state index in [4.69, 9.17) is 11.6 Å². The van der Waals surface area contributed by atoms with Crippen LogP contribution < -0.4 is 0 Å². The molecule has 0 saturated heterocycles. The lowest BCUT2D eigenvalue weighted by Gasteiger charge is -1.98. The summed E-state index contributed by atoms with van der Waals surface area (Å²) >= 11 is 9.11. The van der Waals surface area contributed by atoms with Gasteiger partial charge in [-0.1, -0.05) is 17.7 Å². The molecule has 1 nitrogen and oxygen atoms in total. The number of hydrogen-bond acceptors (Lipinski definition) is 3. The largest absolute Gasteiger partial charge is 0.235 e. The van der Waals surface area contributed by atoms with E-state index in [0.29, 0.717) is 0 Å². The summed E-state index contributed by atoms with van der Waals surface area (Å²) in [6, 6.07) is 7.55. The van der Waals surface area contributed by atoms with Crippen molar-refractivity contribution < 1.29 is 0 Å². The molecule has 0 aliphatic rings. The number of hydrogen-bond donors (Lipinski definition) is 0. The average Bonchev–Trinajstić information content (AvgIpc) is 2.14. The van der Waals surface area contributed by atoms with Crippen molar-refractivity contribution in [3.8, 4) is 0 Å². The number of aliphatic imine (C=N–C) groups is 1. The third kappa shape index (κ3) is 3.63. The minimum absolute atomic E-state index is 0.725. The highest BCUT2D eigenvalue weighted by Gasteiger charge is 1.95. The van der Waals surface area contributed by atoms with Crippen molar-refractivity contribution in [3.05, 3.63) is 29.3 Å². The standard InChI is InChI=1S/C9H10ClNS2/c1-12-9(13-2)11-8-5-3-4-7(10)6-8/h3-6H,1-2H3. The van der Waals surface area contributed by atoms with E-state index in [9.17, 15) is 0 Å². The van der Waals surface area contributed by atoms with E-state index in [1.165, 1.54) is 0 Å². The van der Waals surface area contributed by atoms with Crippen molar-refractivity contribution in [1.29, 1.82) is 0 Å². The molecule has 1 rings (SSSR count). The van der Waals surface area contributed by atoms with Gasteiger partial charge in [-0.15, -0.1) is 23.5 Å². The summed E-state index contributed by atoms with van der Waals surface area (Å²) in [6.07, 6.45) is 4.03. The van der Waals surface area contributed by atoms with Crippen molar-refractivity contribution in [2.24, 2.45) is 4.99 Å². The Bertz CT molecular complexity index is 306. The van der Waals surface area contributed by atoms with Crippen LogP contribution >= 0.6 is 35.1 Å². The molecule has 0 atom stereocenters. The SMILES string of the molecule is CSC(=Nc1cccc(Cl)c1)SC. The normalized spacial score (nSPS) is 9.77. The second kappa shape index (κ2) is 5.58. The second-order valence-corrected chi connectivity index (χ2v) is 4.55. The minimum atomic E-state index is 0.725. The van der Waals surface area contributed by atoms with Crippen molar-refractivity contribution in [1.82, 2.24) is 0 Å². The fourth-order valence-corrected chi connectivity index (χ4v) is 2.07. The third-order valence-electron chi connectivity index (χ3n) is 1.38. The molecular formula is C9H10ClNS2. The van der Waals surface area contributed by atoms with E-state index < -0.39 is 0 Å². The molecule has 1 aromatic rings. The van der Waals surface area contributed by atoms with Crippen molar-refractivity contribution in [2.75, 3.05) is 12.5 Å². The zero-order valence-corrected chi connectivity index (χ0v) is 9.84. The summed E-state index contributed by atoms with van der Waals surface area (Å²) < 4.78 is 1.04. The molecule has 0 aliphatic heterocycles. The van der Waals surface area contributed by atoms with Crippen molar-refractivity contribution >= 4 is 45.2 Å². The van der Waals surface area contributed by atoms with Crippen LogP contribution in [0.1, 0.15) is 0 Å². The molecule has 0 unspecified atom stereocenters. The van der Waals surface area contributed by atoms with Crippen LogP contribution in [0.25, 0.3) is 0 Å². The maximum atomic E-state index is 5.83. The van der Waals surface area contributed by atoms with Crippen LogP contribution in [-0.4, -0.2) is 16.9 Å². The van der Waals surface area contributed by atoms with E-state index in [1.54, 1.807) is 23.5 Å². The lowest BCUT2D eigenvalue weighted by atomic mass is 10.3. The Morgan fingerprint density at radius 2 is 2.00 bits per heavy atom. The van der Waals surface area contributed by atoms with Gasteiger partial charge in [-0.25, -0.2) is 4.99 Å². The zero-order valence-electron chi connectivity index (χ0n) is 7.45. The van der Waals surface area contributed by atoms with Gasteiger partial charge in [0.1, 0.15) is 4.38 Å². The van der Waals surface area contributed by atoms with Crippen LogP contribution in [0, 0.1) is 0 Å². The number of halogens is 1. The van der Waals surface area contributed by atoms with Gasteiger partial charge in [0.2, 0.25) is 0 Å². The topological polar surface area (TPSA) is 12.4 Å². The summed E-state index contributed by atoms with van der Waals surface area (Å²) in [6.45, 7) is 0. The van der Waals surface area contributed by atoms with Gasteiger partial charge in [-0.2, -0.15) is 0 Å². The first-order valence-electron chi connectivity index (χ1n) is 3.68. The van der Waals surface area contributed by atoms with E-state index in [1.807, 2.05) is 36.8 Å². The van der Waals surface area contributed by atoms with Gasteiger partial charge in [-0.05, 0) is 30.7 Å². The van der Waals surface area contributed by atoms with Crippen LogP contribution in [0.3, 0.4) is 0 Å². The van der Waals surface area contributed by atoms with Crippen LogP contribution in [0.2, 0.25) is 5.02 Å². The molecule has 70 valence electrons. The number of rotatable bonds is 1. The average molecular weight is 232 g/mol. The summed E-state index contributed by atoms with van der Waals surface area (Å²) in [7, 11) is 0. The predicted molar refractivity (Wildman–Crippen MR) is 65.6 cm³/mol. The van der Waals surface area contributed by atoms with Crippen LogP contribution in [0.15, 0.2) is 29.3 Å². The molecule has 0 bridgehead atoms. The molecule has 13 heavy (non-hydrogen) atoms. The Morgan fingerprint density at radius 1 is 1.31 bits per heavy atom.